The van der Waals surface area contributed by atoms with Gasteiger partial charge in [-0.05, 0) is 50.7 Å². The number of hydrogen-bond donors (Lipinski definition) is 0. The highest BCUT2D eigenvalue weighted by Crippen LogP contribution is 2.33. The number of rotatable bonds is 5. The maximum absolute atomic E-state index is 13.7. The molecule has 28 heavy (non-hydrogen) atoms. The number of ether oxygens (including phenoxy) is 1. The minimum absolute atomic E-state index is 0.0665. The largest absolute Gasteiger partial charge is 0.384 e. The fourth-order valence-corrected chi connectivity index (χ4v) is 4.97. The van der Waals surface area contributed by atoms with Gasteiger partial charge in [-0.1, -0.05) is 23.7 Å². The third kappa shape index (κ3) is 3.74. The molecule has 4 rings (SSSR count). The van der Waals surface area contributed by atoms with Crippen molar-refractivity contribution in [3.8, 4) is 11.1 Å². The molecule has 0 atom stereocenters. The summed E-state index contributed by atoms with van der Waals surface area (Å²) in [5.41, 5.74) is 2.00. The van der Waals surface area contributed by atoms with E-state index in [9.17, 15) is 4.79 Å². The number of fused-ring (bicyclic) bond motifs is 1. The van der Waals surface area contributed by atoms with Gasteiger partial charge in [0.05, 0.1) is 12.0 Å². The number of benzene rings is 1. The standard InChI is InChI=1S/C21H24ClN3O2S/c1-24-10-7-16(8-11-24)25-18(9-12-27-2)23-20-19(21(25)26)17(13-28-20)14-3-5-15(22)6-4-14/h3-6,13,16H,7-12H2,1-2H3. The van der Waals surface area contributed by atoms with Crippen LogP contribution in [-0.2, 0) is 11.2 Å². The average Bonchev–Trinajstić information content (AvgIpc) is 3.12. The zero-order chi connectivity index (χ0) is 19.7. The van der Waals surface area contributed by atoms with Crippen LogP contribution < -0.4 is 5.56 Å². The van der Waals surface area contributed by atoms with E-state index in [0.29, 0.717) is 23.4 Å². The van der Waals surface area contributed by atoms with Crippen molar-refractivity contribution in [3.05, 3.63) is 50.8 Å². The maximum Gasteiger partial charge on any atom is 0.263 e. The summed E-state index contributed by atoms with van der Waals surface area (Å²) in [6.45, 7) is 2.54. The number of thiophene rings is 1. The van der Waals surface area contributed by atoms with E-state index >= 15 is 0 Å². The molecule has 1 fully saturated rings. The summed E-state index contributed by atoms with van der Waals surface area (Å²) in [4.78, 5) is 21.7. The number of hydrogen-bond acceptors (Lipinski definition) is 5. The minimum Gasteiger partial charge on any atom is -0.384 e. The molecule has 5 nitrogen and oxygen atoms in total. The summed E-state index contributed by atoms with van der Waals surface area (Å²) in [6, 6.07) is 7.82. The molecule has 3 heterocycles. The second kappa shape index (κ2) is 8.33. The molecule has 1 aliphatic heterocycles. The minimum atomic E-state index is 0.0665. The van der Waals surface area contributed by atoms with E-state index in [1.807, 2.05) is 34.2 Å². The molecule has 7 heteroatoms. The van der Waals surface area contributed by atoms with Gasteiger partial charge < -0.3 is 9.64 Å². The fourth-order valence-electron chi connectivity index (χ4n) is 3.89. The monoisotopic (exact) mass is 417 g/mol. The van der Waals surface area contributed by atoms with Crippen LogP contribution in [0.2, 0.25) is 5.02 Å². The Hall–Kier alpha value is -1.73. The molecule has 3 aromatic rings. The lowest BCUT2D eigenvalue weighted by Crippen LogP contribution is -2.37. The lowest BCUT2D eigenvalue weighted by atomic mass is 10.0. The summed E-state index contributed by atoms with van der Waals surface area (Å²) >= 11 is 7.56. The Labute approximate surface area is 173 Å². The summed E-state index contributed by atoms with van der Waals surface area (Å²) in [7, 11) is 3.81. The lowest BCUT2D eigenvalue weighted by molar-refractivity contribution is 0.191. The van der Waals surface area contributed by atoms with Gasteiger partial charge in [-0.15, -0.1) is 11.3 Å². The molecule has 0 spiro atoms. The van der Waals surface area contributed by atoms with E-state index in [-0.39, 0.29) is 11.6 Å². The predicted molar refractivity (Wildman–Crippen MR) is 116 cm³/mol. The number of aromatic nitrogens is 2. The van der Waals surface area contributed by atoms with E-state index in [4.69, 9.17) is 21.3 Å². The number of halogens is 1. The molecular weight excluding hydrogens is 394 g/mol. The SMILES string of the molecule is COCCc1nc2scc(-c3ccc(Cl)cc3)c2c(=O)n1C1CCN(C)CC1. The Bertz CT molecular complexity index is 1020. The first kappa shape index (κ1) is 19.6. The van der Waals surface area contributed by atoms with Crippen LogP contribution in [0.1, 0.15) is 24.7 Å². The first-order valence-corrected chi connectivity index (χ1v) is 10.8. The van der Waals surface area contributed by atoms with Crippen LogP contribution in [0, 0.1) is 0 Å². The Kier molecular flexibility index (Phi) is 5.83. The quantitative estimate of drug-likeness (QED) is 0.623. The van der Waals surface area contributed by atoms with E-state index in [1.165, 1.54) is 11.3 Å². The molecule has 0 aliphatic carbocycles. The first-order chi connectivity index (χ1) is 13.6. The molecule has 0 bridgehead atoms. The zero-order valence-electron chi connectivity index (χ0n) is 16.2. The van der Waals surface area contributed by atoms with Gasteiger partial charge in [-0.3, -0.25) is 9.36 Å². The van der Waals surface area contributed by atoms with Crippen LogP contribution >= 0.6 is 22.9 Å². The first-order valence-electron chi connectivity index (χ1n) is 9.54. The highest BCUT2D eigenvalue weighted by molar-refractivity contribution is 7.17. The van der Waals surface area contributed by atoms with Crippen molar-refractivity contribution in [2.75, 3.05) is 33.9 Å². The van der Waals surface area contributed by atoms with Crippen molar-refractivity contribution in [3.63, 3.8) is 0 Å². The maximum atomic E-state index is 13.7. The number of nitrogens with zero attached hydrogens (tertiary/aromatic N) is 3. The summed E-state index contributed by atoms with van der Waals surface area (Å²) in [6.07, 6.45) is 2.57. The Morgan fingerprint density at radius 3 is 2.64 bits per heavy atom. The normalized spacial score (nSPS) is 16.1. The third-order valence-corrected chi connectivity index (χ3v) is 6.58. The van der Waals surface area contributed by atoms with Gasteiger partial charge in [-0.25, -0.2) is 4.98 Å². The second-order valence-corrected chi connectivity index (χ2v) is 8.61. The van der Waals surface area contributed by atoms with Crippen molar-refractivity contribution in [1.82, 2.24) is 14.5 Å². The van der Waals surface area contributed by atoms with Gasteiger partial charge in [0.1, 0.15) is 10.7 Å². The molecule has 0 unspecified atom stereocenters. The number of likely N-dealkylation sites (tertiary alicyclic amines) is 1. The van der Waals surface area contributed by atoms with Gasteiger partial charge in [0.15, 0.2) is 0 Å². The molecule has 0 saturated carbocycles. The Morgan fingerprint density at radius 1 is 1.25 bits per heavy atom. The van der Waals surface area contributed by atoms with Crippen LogP contribution in [0.25, 0.3) is 21.3 Å². The van der Waals surface area contributed by atoms with Crippen LogP contribution in [0.3, 0.4) is 0 Å². The molecular formula is C21H24ClN3O2S. The molecule has 1 saturated heterocycles. The Balaban J connectivity index is 1.86. The summed E-state index contributed by atoms with van der Waals surface area (Å²) in [5.74, 6) is 0.832. The van der Waals surface area contributed by atoms with E-state index < -0.39 is 0 Å². The topological polar surface area (TPSA) is 47.4 Å². The van der Waals surface area contributed by atoms with Gasteiger partial charge in [0.25, 0.3) is 5.56 Å². The second-order valence-electron chi connectivity index (χ2n) is 7.32. The Morgan fingerprint density at radius 2 is 1.96 bits per heavy atom. The predicted octanol–water partition coefficient (Wildman–Crippen LogP) is 4.23. The van der Waals surface area contributed by atoms with Gasteiger partial charge in [-0.2, -0.15) is 0 Å². The van der Waals surface area contributed by atoms with Crippen LogP contribution in [0.15, 0.2) is 34.4 Å². The molecule has 0 radical (unpaired) electrons. The fraction of sp³-hybridized carbons (Fsp3) is 0.429. The molecule has 0 N–H and O–H groups in total. The number of piperidine rings is 1. The highest BCUT2D eigenvalue weighted by atomic mass is 35.5. The number of methoxy groups -OCH3 is 1. The van der Waals surface area contributed by atoms with Crippen LogP contribution in [0.4, 0.5) is 0 Å². The van der Waals surface area contributed by atoms with Crippen molar-refractivity contribution < 1.29 is 4.74 Å². The molecule has 1 aromatic carbocycles. The van der Waals surface area contributed by atoms with Crippen molar-refractivity contribution in [1.29, 1.82) is 0 Å². The zero-order valence-corrected chi connectivity index (χ0v) is 17.7. The smallest absolute Gasteiger partial charge is 0.263 e. The molecule has 0 amide bonds. The average molecular weight is 418 g/mol. The lowest BCUT2D eigenvalue weighted by Gasteiger charge is -2.31. The van der Waals surface area contributed by atoms with Crippen molar-refractivity contribution in [2.45, 2.75) is 25.3 Å². The van der Waals surface area contributed by atoms with Crippen molar-refractivity contribution >= 4 is 33.2 Å². The van der Waals surface area contributed by atoms with E-state index in [1.54, 1.807) is 7.11 Å². The molecule has 1 aliphatic rings. The molecule has 148 valence electrons. The summed E-state index contributed by atoms with van der Waals surface area (Å²) in [5, 5.41) is 3.43. The van der Waals surface area contributed by atoms with Crippen LogP contribution in [0.5, 0.6) is 0 Å². The van der Waals surface area contributed by atoms with Gasteiger partial charge >= 0.3 is 0 Å². The van der Waals surface area contributed by atoms with Crippen LogP contribution in [-0.4, -0.2) is 48.3 Å². The van der Waals surface area contributed by atoms with Gasteiger partial charge in [0, 0.05) is 35.5 Å². The van der Waals surface area contributed by atoms with Gasteiger partial charge in [0.2, 0.25) is 0 Å². The van der Waals surface area contributed by atoms with Crippen molar-refractivity contribution in [2.24, 2.45) is 0 Å². The summed E-state index contributed by atoms with van der Waals surface area (Å²) < 4.78 is 7.22. The highest BCUT2D eigenvalue weighted by Gasteiger charge is 2.25. The molecule has 2 aromatic heterocycles. The third-order valence-electron chi connectivity index (χ3n) is 5.45. The van der Waals surface area contributed by atoms with E-state index in [0.717, 1.165) is 47.7 Å². The van der Waals surface area contributed by atoms with E-state index in [2.05, 4.69) is 11.9 Å².